The van der Waals surface area contributed by atoms with Gasteiger partial charge in [-0.25, -0.2) is 0 Å². The van der Waals surface area contributed by atoms with Gasteiger partial charge in [0.1, 0.15) is 12.4 Å². The van der Waals surface area contributed by atoms with E-state index >= 15 is 0 Å². The van der Waals surface area contributed by atoms with E-state index in [4.69, 9.17) is 4.74 Å². The summed E-state index contributed by atoms with van der Waals surface area (Å²) in [6.07, 6.45) is 2.26. The zero-order chi connectivity index (χ0) is 19.9. The molecule has 4 aromatic heterocycles. The van der Waals surface area contributed by atoms with Gasteiger partial charge in [0, 0.05) is 45.3 Å². The van der Waals surface area contributed by atoms with Crippen LogP contribution in [0.25, 0.3) is 40.9 Å². The third-order valence-corrected chi connectivity index (χ3v) is 9.80. The van der Waals surface area contributed by atoms with Crippen LogP contribution >= 0.6 is 45.3 Å². The van der Waals surface area contributed by atoms with Gasteiger partial charge >= 0.3 is 0 Å². The molecule has 0 fully saturated rings. The first kappa shape index (κ1) is 18.3. The van der Waals surface area contributed by atoms with Gasteiger partial charge in [0.05, 0.1) is 0 Å². The molecule has 0 radical (unpaired) electrons. The van der Waals surface area contributed by atoms with Gasteiger partial charge in [0.2, 0.25) is 0 Å². The average molecular weight is 461 g/mol. The van der Waals surface area contributed by atoms with Crippen LogP contribution in [0.5, 0.6) is 5.75 Å². The van der Waals surface area contributed by atoms with E-state index in [1.54, 1.807) is 11.3 Å². The van der Waals surface area contributed by atoms with Crippen LogP contribution in [0.1, 0.15) is 10.4 Å². The maximum Gasteiger partial charge on any atom is 0.127 e. The Balaban J connectivity index is 1.27. The number of hydrogen-bond donors (Lipinski definition) is 0. The first-order chi connectivity index (χ1) is 14.8. The highest BCUT2D eigenvalue weighted by Crippen LogP contribution is 2.43. The van der Waals surface area contributed by atoms with Crippen molar-refractivity contribution in [2.45, 2.75) is 0 Å². The van der Waals surface area contributed by atoms with Gasteiger partial charge in [-0.3, -0.25) is 0 Å². The van der Waals surface area contributed by atoms with Gasteiger partial charge in [-0.1, -0.05) is 24.3 Å². The predicted molar refractivity (Wildman–Crippen MR) is 134 cm³/mol. The fourth-order valence-electron chi connectivity index (χ4n) is 3.53. The van der Waals surface area contributed by atoms with Crippen molar-refractivity contribution < 1.29 is 4.74 Å². The molecule has 1 nitrogen and oxygen atoms in total. The number of ether oxygens (including phenoxy) is 1. The Bertz CT molecular complexity index is 1350. The Morgan fingerprint density at radius 1 is 0.567 bits per heavy atom. The average Bonchev–Trinajstić information content (AvgIpc) is 3.57. The second-order valence-electron chi connectivity index (χ2n) is 6.97. The number of thiophene rings is 4. The third-order valence-electron chi connectivity index (χ3n) is 5.02. The highest BCUT2D eigenvalue weighted by Gasteiger charge is 2.15. The normalized spacial score (nSPS) is 13.0. The molecule has 1 aliphatic heterocycles. The molecule has 5 heterocycles. The van der Waals surface area contributed by atoms with Gasteiger partial charge in [-0.15, -0.1) is 45.3 Å². The topological polar surface area (TPSA) is 9.23 Å². The number of fused-ring (bicyclic) bond motifs is 1. The van der Waals surface area contributed by atoms with E-state index in [9.17, 15) is 0 Å². The molecule has 0 bridgehead atoms. The highest BCUT2D eigenvalue weighted by atomic mass is 32.1. The van der Waals surface area contributed by atoms with Crippen LogP contribution in [0.15, 0.2) is 78.2 Å². The first-order valence-corrected chi connectivity index (χ1v) is 12.9. The maximum atomic E-state index is 5.94. The first-order valence-electron chi connectivity index (χ1n) is 9.60. The largest absolute Gasteiger partial charge is 0.488 e. The lowest BCUT2D eigenvalue weighted by molar-refractivity contribution is 0.366. The Labute approximate surface area is 191 Å². The van der Waals surface area contributed by atoms with Gasteiger partial charge in [-0.2, -0.15) is 0 Å². The van der Waals surface area contributed by atoms with Gasteiger partial charge < -0.3 is 4.74 Å². The van der Waals surface area contributed by atoms with Crippen molar-refractivity contribution in [1.29, 1.82) is 0 Å². The molecule has 30 heavy (non-hydrogen) atoms. The van der Waals surface area contributed by atoms with Gasteiger partial charge in [0.25, 0.3) is 0 Å². The summed E-state index contributed by atoms with van der Waals surface area (Å²) in [6, 6.07) is 26.0. The van der Waals surface area contributed by atoms with Crippen LogP contribution in [-0.2, 0) is 0 Å². The molecule has 5 aromatic rings. The molecule has 146 valence electrons. The van der Waals surface area contributed by atoms with Crippen molar-refractivity contribution in [2.75, 3.05) is 6.61 Å². The van der Waals surface area contributed by atoms with Crippen LogP contribution in [0, 0.1) is 0 Å². The van der Waals surface area contributed by atoms with Crippen molar-refractivity contribution in [3.8, 4) is 35.0 Å². The SMILES string of the molecule is C1=C(c2ccc(-c3ccc(-c4ccc(-c5cccs5)s4)s3)s2)COc2ccccc21. The summed E-state index contributed by atoms with van der Waals surface area (Å²) < 4.78 is 5.94. The lowest BCUT2D eigenvalue weighted by atomic mass is 10.1. The maximum absolute atomic E-state index is 5.94. The molecule has 0 saturated carbocycles. The van der Waals surface area contributed by atoms with E-state index in [0.717, 1.165) is 11.3 Å². The molecule has 5 heteroatoms. The van der Waals surface area contributed by atoms with Crippen molar-refractivity contribution in [3.63, 3.8) is 0 Å². The summed E-state index contributed by atoms with van der Waals surface area (Å²) in [5.41, 5.74) is 2.41. The molecule has 0 aliphatic carbocycles. The molecular weight excluding hydrogens is 445 g/mol. The minimum Gasteiger partial charge on any atom is -0.488 e. The summed E-state index contributed by atoms with van der Waals surface area (Å²) in [5.74, 6) is 0.971. The van der Waals surface area contributed by atoms with Crippen LogP contribution in [-0.4, -0.2) is 6.61 Å². The number of para-hydroxylation sites is 1. The molecule has 0 N–H and O–H groups in total. The number of rotatable bonds is 4. The van der Waals surface area contributed by atoms with E-state index in [0.29, 0.717) is 6.61 Å². The third kappa shape index (κ3) is 3.38. The Kier molecular flexibility index (Phi) is 4.69. The standard InChI is InChI=1S/C25H16OS4/c1-2-5-18-16(4-1)14-17(15-26-18)19-7-8-22(28-19)23-11-12-25(30-23)24-10-9-21(29-24)20-6-3-13-27-20/h1-14H,15H2. The van der Waals surface area contributed by atoms with Crippen molar-refractivity contribution in [2.24, 2.45) is 0 Å². The van der Waals surface area contributed by atoms with E-state index in [-0.39, 0.29) is 0 Å². The van der Waals surface area contributed by atoms with Crippen LogP contribution in [0.2, 0.25) is 0 Å². The molecule has 0 unspecified atom stereocenters. The molecular formula is C25H16OS4. The molecule has 1 aromatic carbocycles. The smallest absolute Gasteiger partial charge is 0.127 e. The summed E-state index contributed by atoms with van der Waals surface area (Å²) in [7, 11) is 0. The van der Waals surface area contributed by atoms with Gasteiger partial charge in [-0.05, 0) is 60.0 Å². The zero-order valence-electron chi connectivity index (χ0n) is 15.8. The second kappa shape index (κ2) is 7.67. The van der Waals surface area contributed by atoms with E-state index < -0.39 is 0 Å². The van der Waals surface area contributed by atoms with E-state index in [2.05, 4.69) is 72.1 Å². The minimum atomic E-state index is 0.632. The fraction of sp³-hybridized carbons (Fsp3) is 0.0400. The van der Waals surface area contributed by atoms with Crippen LogP contribution in [0.3, 0.4) is 0 Å². The highest BCUT2D eigenvalue weighted by molar-refractivity contribution is 7.28. The number of benzene rings is 1. The Morgan fingerprint density at radius 2 is 1.17 bits per heavy atom. The fourth-order valence-corrected chi connectivity index (χ4v) is 7.56. The monoisotopic (exact) mass is 460 g/mol. The predicted octanol–water partition coefficient (Wildman–Crippen LogP) is 8.87. The van der Waals surface area contributed by atoms with Crippen LogP contribution < -0.4 is 4.74 Å². The van der Waals surface area contributed by atoms with E-state index in [1.165, 1.54) is 39.7 Å². The molecule has 0 spiro atoms. The van der Waals surface area contributed by atoms with Crippen LogP contribution in [0.4, 0.5) is 0 Å². The number of hydrogen-bond acceptors (Lipinski definition) is 5. The zero-order valence-corrected chi connectivity index (χ0v) is 19.1. The Hall–Kier alpha value is -2.44. The molecule has 6 rings (SSSR count). The van der Waals surface area contributed by atoms with Crippen molar-refractivity contribution in [1.82, 2.24) is 0 Å². The van der Waals surface area contributed by atoms with Gasteiger partial charge in [0.15, 0.2) is 0 Å². The van der Waals surface area contributed by atoms with Crippen molar-refractivity contribution >= 4 is 57.0 Å². The lowest BCUT2D eigenvalue weighted by Crippen LogP contribution is -2.05. The molecule has 1 aliphatic rings. The minimum absolute atomic E-state index is 0.632. The lowest BCUT2D eigenvalue weighted by Gasteiger charge is -2.16. The summed E-state index contributed by atoms with van der Waals surface area (Å²) in [6.45, 7) is 0.632. The van der Waals surface area contributed by atoms with Crippen molar-refractivity contribution in [3.05, 3.63) is 88.6 Å². The molecule has 0 atom stereocenters. The Morgan fingerprint density at radius 3 is 1.83 bits per heavy atom. The second-order valence-corrected chi connectivity index (χ2v) is 11.2. The quantitative estimate of drug-likeness (QED) is 0.260. The molecule has 0 amide bonds. The summed E-state index contributed by atoms with van der Waals surface area (Å²) >= 11 is 7.39. The van der Waals surface area contributed by atoms with E-state index in [1.807, 2.05) is 46.1 Å². The summed E-state index contributed by atoms with van der Waals surface area (Å²) in [5, 5.41) is 2.14. The summed E-state index contributed by atoms with van der Waals surface area (Å²) in [4.78, 5) is 9.29. The molecule has 0 saturated heterocycles.